The molecule has 0 radical (unpaired) electrons. The van der Waals surface area contributed by atoms with Gasteiger partial charge in [0.2, 0.25) is 5.95 Å². The van der Waals surface area contributed by atoms with Crippen LogP contribution in [0.1, 0.15) is 67.2 Å². The Bertz CT molecular complexity index is 623. The molecule has 0 aromatic carbocycles. The van der Waals surface area contributed by atoms with Gasteiger partial charge in [0.15, 0.2) is 0 Å². The van der Waals surface area contributed by atoms with Gasteiger partial charge in [0, 0.05) is 19.8 Å². The first-order valence-corrected chi connectivity index (χ1v) is 10.4. The minimum atomic E-state index is -0.797. The average molecular weight is 417 g/mol. The van der Waals surface area contributed by atoms with Crippen molar-refractivity contribution in [3.05, 3.63) is 23.1 Å². The van der Waals surface area contributed by atoms with E-state index in [1.54, 1.807) is 26.8 Å². The third kappa shape index (κ3) is 7.21. The highest BCUT2D eigenvalue weighted by Crippen LogP contribution is 2.37. The normalized spacial score (nSPS) is 16.0. The molecule has 1 saturated heterocycles. The van der Waals surface area contributed by atoms with E-state index in [0.29, 0.717) is 19.8 Å². The van der Waals surface area contributed by atoms with E-state index in [-0.39, 0.29) is 16.3 Å². The summed E-state index contributed by atoms with van der Waals surface area (Å²) in [5.41, 5.74) is -0.754. The van der Waals surface area contributed by atoms with Gasteiger partial charge in [0.25, 0.3) is 0 Å². The van der Waals surface area contributed by atoms with E-state index in [1.165, 1.54) is 11.0 Å². The van der Waals surface area contributed by atoms with Gasteiger partial charge in [-0.3, -0.25) is 4.90 Å². The number of hydrogen-bond acceptors (Lipinski definition) is 4. The molecule has 0 N–H and O–H groups in total. The van der Waals surface area contributed by atoms with Crippen molar-refractivity contribution in [1.82, 2.24) is 4.98 Å². The lowest BCUT2D eigenvalue weighted by Gasteiger charge is -2.41. The highest BCUT2D eigenvalue weighted by Gasteiger charge is 2.37. The van der Waals surface area contributed by atoms with Gasteiger partial charge in [-0.15, -0.1) is 0 Å². The molecular weight excluding hydrogens is 383 g/mol. The maximum atomic E-state index is 13.9. The van der Waals surface area contributed by atoms with Crippen LogP contribution >= 0.6 is 11.6 Å². The summed E-state index contributed by atoms with van der Waals surface area (Å²) in [5.74, 6) is -0.586. The number of carbonyl (C=O) groups excluding carboxylic acids is 1. The first kappa shape index (κ1) is 24.6. The Morgan fingerprint density at radius 2 is 1.93 bits per heavy atom. The minimum Gasteiger partial charge on any atom is -0.443 e. The Morgan fingerprint density at radius 1 is 1.32 bits per heavy atom. The topological polar surface area (TPSA) is 51.7 Å². The van der Waals surface area contributed by atoms with E-state index < -0.39 is 17.6 Å². The maximum absolute atomic E-state index is 13.9. The van der Waals surface area contributed by atoms with Gasteiger partial charge < -0.3 is 9.47 Å². The van der Waals surface area contributed by atoms with E-state index in [0.717, 1.165) is 25.7 Å². The summed E-state index contributed by atoms with van der Waals surface area (Å²) < 4.78 is 25.0. The lowest BCUT2D eigenvalue weighted by molar-refractivity contribution is 0.0102. The molecule has 28 heavy (non-hydrogen) atoms. The molecule has 2 heterocycles. The second-order valence-electron chi connectivity index (χ2n) is 7.87. The molecule has 1 aliphatic heterocycles. The van der Waals surface area contributed by atoms with Crippen LogP contribution in [0, 0.1) is 11.4 Å². The third-order valence-electron chi connectivity index (χ3n) is 4.51. The summed E-state index contributed by atoms with van der Waals surface area (Å²) in [6, 6.07) is 2.96. The van der Waals surface area contributed by atoms with Crippen LogP contribution in [0.5, 0.6) is 0 Å². The Hall–Kier alpha value is -1.40. The van der Waals surface area contributed by atoms with Crippen LogP contribution in [-0.4, -0.2) is 36.4 Å². The molecule has 0 bridgehead atoms. The second-order valence-corrected chi connectivity index (χ2v) is 8.28. The van der Waals surface area contributed by atoms with Crippen LogP contribution in [0.3, 0.4) is 0 Å². The molecule has 1 aliphatic rings. The van der Waals surface area contributed by atoms with Crippen LogP contribution in [0.25, 0.3) is 0 Å². The summed E-state index contributed by atoms with van der Waals surface area (Å²) in [6.45, 7) is 13.2. The van der Waals surface area contributed by atoms with Crippen molar-refractivity contribution in [3.8, 4) is 0 Å². The molecule has 0 saturated carbocycles. The molecule has 1 amide bonds. The van der Waals surface area contributed by atoms with E-state index in [9.17, 15) is 9.18 Å². The first-order chi connectivity index (χ1) is 13.2. The maximum Gasteiger partial charge on any atom is 0.416 e. The number of aromatic nitrogens is 1. The monoisotopic (exact) mass is 416 g/mol. The molecule has 1 aromatic rings. The Kier molecular flexibility index (Phi) is 9.64. The Balaban J connectivity index is 0.00000190. The summed E-state index contributed by atoms with van der Waals surface area (Å²) >= 11 is 5.75. The zero-order valence-electron chi connectivity index (χ0n) is 18.0. The summed E-state index contributed by atoms with van der Waals surface area (Å²) in [4.78, 5) is 18.2. The van der Waals surface area contributed by atoms with Crippen molar-refractivity contribution in [2.75, 3.05) is 24.7 Å². The standard InChI is InChI=1S/C19H28ClFN2O3.C2H6/c1-5-8-19(9-11-25-12-10-19)13-23(17(24)26-18(2,3)4)15-7-6-14(20)16(21)22-15;1-2/h6-7H,5,8-13H2,1-4H3;1-2H3. The number of halogens is 2. The van der Waals surface area contributed by atoms with Crippen molar-refractivity contribution < 1.29 is 18.7 Å². The highest BCUT2D eigenvalue weighted by molar-refractivity contribution is 6.30. The zero-order valence-corrected chi connectivity index (χ0v) is 18.7. The fourth-order valence-corrected chi connectivity index (χ4v) is 3.38. The summed E-state index contributed by atoms with van der Waals surface area (Å²) in [6.07, 6.45) is 3.09. The Labute approximate surface area is 173 Å². The lowest BCUT2D eigenvalue weighted by atomic mass is 9.76. The quantitative estimate of drug-likeness (QED) is 0.533. The zero-order chi connectivity index (χ0) is 21.4. The molecule has 1 aromatic heterocycles. The molecule has 0 atom stereocenters. The lowest BCUT2D eigenvalue weighted by Crippen LogP contribution is -2.46. The SMILES string of the molecule is CC.CCCC1(CN(C(=O)OC(C)(C)C)c2ccc(Cl)c(F)n2)CCOCC1. The van der Waals surface area contributed by atoms with Gasteiger partial charge in [-0.25, -0.2) is 9.78 Å². The second kappa shape index (κ2) is 11.0. The molecule has 160 valence electrons. The number of ether oxygens (including phenoxy) is 2. The molecule has 0 unspecified atom stereocenters. The van der Waals surface area contributed by atoms with E-state index in [2.05, 4.69) is 11.9 Å². The molecular formula is C21H34ClFN2O3. The molecule has 1 fully saturated rings. The van der Waals surface area contributed by atoms with E-state index in [4.69, 9.17) is 21.1 Å². The van der Waals surface area contributed by atoms with Gasteiger partial charge in [-0.2, -0.15) is 4.39 Å². The first-order valence-electron chi connectivity index (χ1n) is 10.1. The number of nitrogens with zero attached hydrogens (tertiary/aromatic N) is 2. The number of amides is 1. The van der Waals surface area contributed by atoms with Crippen molar-refractivity contribution in [2.24, 2.45) is 5.41 Å². The van der Waals surface area contributed by atoms with Crippen LogP contribution in [0.15, 0.2) is 12.1 Å². The molecule has 2 rings (SSSR count). The van der Waals surface area contributed by atoms with E-state index in [1.807, 2.05) is 13.8 Å². The predicted molar refractivity (Wildman–Crippen MR) is 112 cm³/mol. The predicted octanol–water partition coefficient (Wildman–Crippen LogP) is 6.24. The van der Waals surface area contributed by atoms with Crippen molar-refractivity contribution in [1.29, 1.82) is 0 Å². The van der Waals surface area contributed by atoms with Crippen LogP contribution in [-0.2, 0) is 9.47 Å². The van der Waals surface area contributed by atoms with Crippen molar-refractivity contribution in [2.45, 2.75) is 72.8 Å². The molecule has 5 nitrogen and oxygen atoms in total. The third-order valence-corrected chi connectivity index (χ3v) is 4.79. The number of hydrogen-bond donors (Lipinski definition) is 0. The molecule has 0 spiro atoms. The largest absolute Gasteiger partial charge is 0.443 e. The van der Waals surface area contributed by atoms with E-state index >= 15 is 0 Å². The number of rotatable bonds is 5. The number of pyridine rings is 1. The van der Waals surface area contributed by atoms with Crippen LogP contribution in [0.2, 0.25) is 5.02 Å². The smallest absolute Gasteiger partial charge is 0.416 e. The Morgan fingerprint density at radius 3 is 2.43 bits per heavy atom. The van der Waals surface area contributed by atoms with Gasteiger partial charge in [0.1, 0.15) is 11.4 Å². The average Bonchev–Trinajstić information content (AvgIpc) is 2.63. The summed E-state index contributed by atoms with van der Waals surface area (Å²) in [5, 5.41) is -0.0766. The van der Waals surface area contributed by atoms with Gasteiger partial charge >= 0.3 is 6.09 Å². The van der Waals surface area contributed by atoms with Gasteiger partial charge in [-0.05, 0) is 57.6 Å². The van der Waals surface area contributed by atoms with Crippen molar-refractivity contribution in [3.63, 3.8) is 0 Å². The van der Waals surface area contributed by atoms with Crippen LogP contribution in [0.4, 0.5) is 15.0 Å². The fraction of sp³-hybridized carbons (Fsp3) is 0.714. The van der Waals surface area contributed by atoms with Gasteiger partial charge in [-0.1, -0.05) is 38.8 Å². The van der Waals surface area contributed by atoms with Crippen LogP contribution < -0.4 is 4.90 Å². The minimum absolute atomic E-state index is 0.0766. The molecule has 0 aliphatic carbocycles. The summed E-state index contributed by atoms with van der Waals surface area (Å²) in [7, 11) is 0. The fourth-order valence-electron chi connectivity index (χ4n) is 3.27. The molecule has 7 heteroatoms. The van der Waals surface area contributed by atoms with Gasteiger partial charge in [0.05, 0.1) is 5.02 Å². The number of anilines is 1. The number of carbonyl (C=O) groups is 1. The highest BCUT2D eigenvalue weighted by atomic mass is 35.5. The van der Waals surface area contributed by atoms with Crippen molar-refractivity contribution >= 4 is 23.5 Å².